The smallest absolute Gasteiger partial charge is 0.0661 e. The van der Waals surface area contributed by atoms with Crippen molar-refractivity contribution in [3.63, 3.8) is 0 Å². The van der Waals surface area contributed by atoms with Crippen LogP contribution in [0.5, 0.6) is 0 Å². The predicted molar refractivity (Wildman–Crippen MR) is 61.5 cm³/mol. The van der Waals surface area contributed by atoms with Crippen molar-refractivity contribution in [1.82, 2.24) is 5.01 Å². The van der Waals surface area contributed by atoms with Crippen LogP contribution in [0.25, 0.3) is 0 Å². The molecule has 1 unspecified atom stereocenters. The Kier molecular flexibility index (Phi) is 4.33. The average molecular weight is 278 g/mol. The van der Waals surface area contributed by atoms with Crippen molar-refractivity contribution >= 4 is 30.4 Å². The van der Waals surface area contributed by atoms with Crippen molar-refractivity contribution in [3.8, 4) is 0 Å². The van der Waals surface area contributed by atoms with Gasteiger partial charge >= 0.3 is 0 Å². The second kappa shape index (κ2) is 4.81. The van der Waals surface area contributed by atoms with Gasteiger partial charge in [0.1, 0.15) is 0 Å². The van der Waals surface area contributed by atoms with Crippen LogP contribution in [0.4, 0.5) is 0 Å². The average Bonchev–Trinajstić information content (AvgIpc) is 2.28. The lowest BCUT2D eigenvalue weighted by Crippen LogP contribution is -2.41. The molecular weight excluding hydrogens is 262 g/mol. The van der Waals surface area contributed by atoms with Crippen LogP contribution >= 0.6 is 22.6 Å². The zero-order valence-corrected chi connectivity index (χ0v) is 9.59. The molecule has 0 amide bonds. The monoisotopic (exact) mass is 278 g/mol. The van der Waals surface area contributed by atoms with E-state index in [1.165, 1.54) is 19.3 Å². The lowest BCUT2D eigenvalue weighted by molar-refractivity contribution is 0.206. The Morgan fingerprint density at radius 1 is 1.50 bits per heavy atom. The van der Waals surface area contributed by atoms with Gasteiger partial charge in [0.05, 0.1) is 7.85 Å². The van der Waals surface area contributed by atoms with Crippen LogP contribution in [0.1, 0.15) is 19.3 Å². The number of hydrogen-bond acceptors (Lipinski definition) is 2. The van der Waals surface area contributed by atoms with Crippen molar-refractivity contribution in [2.75, 3.05) is 17.5 Å². The molecule has 1 saturated heterocycles. The number of nitrogens with zero attached hydrogens (tertiary/aromatic N) is 1. The van der Waals surface area contributed by atoms with Crippen LogP contribution in [0.15, 0.2) is 0 Å². The Morgan fingerprint density at radius 2 is 2.25 bits per heavy atom. The van der Waals surface area contributed by atoms with E-state index >= 15 is 0 Å². The minimum atomic E-state index is 0.284. The molecule has 2 radical (unpaired) electrons. The summed E-state index contributed by atoms with van der Waals surface area (Å²) in [6.07, 6.45) is 4.49. The third-order valence-corrected chi connectivity index (χ3v) is 4.28. The molecular formula is C8H16BIN2. The lowest BCUT2D eigenvalue weighted by Gasteiger charge is -2.32. The molecule has 12 heavy (non-hydrogen) atoms. The highest BCUT2D eigenvalue weighted by Crippen LogP contribution is 2.33. The number of nitrogens with two attached hydrogens (primary N) is 1. The molecule has 4 heteroatoms. The van der Waals surface area contributed by atoms with Crippen LogP contribution < -0.4 is 5.84 Å². The van der Waals surface area contributed by atoms with E-state index in [0.29, 0.717) is 0 Å². The standard InChI is InChI=1S/C8H16BIN2/c9-5-8(6-10)3-1-2-4-12(11)7-8/h1-7,11H2. The number of hydrazine groups is 1. The molecule has 1 aliphatic heterocycles. The van der Waals surface area contributed by atoms with E-state index in [4.69, 9.17) is 13.7 Å². The van der Waals surface area contributed by atoms with Gasteiger partial charge in [0.15, 0.2) is 0 Å². The van der Waals surface area contributed by atoms with Gasteiger partial charge in [0.2, 0.25) is 0 Å². The molecule has 0 aliphatic carbocycles. The van der Waals surface area contributed by atoms with Gasteiger partial charge in [-0.3, -0.25) is 5.84 Å². The zero-order valence-electron chi connectivity index (χ0n) is 7.43. The molecule has 0 aromatic rings. The van der Waals surface area contributed by atoms with Gasteiger partial charge in [0.25, 0.3) is 0 Å². The summed E-state index contributed by atoms with van der Waals surface area (Å²) in [5.74, 6) is 5.84. The van der Waals surface area contributed by atoms with Gasteiger partial charge in [-0.1, -0.05) is 35.3 Å². The molecule has 1 aliphatic rings. The largest absolute Gasteiger partial charge is 0.269 e. The first-order chi connectivity index (χ1) is 5.72. The first kappa shape index (κ1) is 10.8. The summed E-state index contributed by atoms with van der Waals surface area (Å²) in [6.45, 7) is 1.99. The Hall–Kier alpha value is 0.715. The first-order valence-corrected chi connectivity index (χ1v) is 6.01. The highest BCUT2D eigenvalue weighted by Gasteiger charge is 2.29. The fourth-order valence-corrected chi connectivity index (χ4v) is 2.67. The molecule has 2 N–H and O–H groups in total. The summed E-state index contributed by atoms with van der Waals surface area (Å²) < 4.78 is 1.12. The summed E-state index contributed by atoms with van der Waals surface area (Å²) >= 11 is 2.42. The molecule has 0 aromatic carbocycles. The minimum Gasteiger partial charge on any atom is -0.269 e. The van der Waals surface area contributed by atoms with Crippen LogP contribution in [-0.2, 0) is 0 Å². The van der Waals surface area contributed by atoms with Gasteiger partial charge in [-0.15, -0.1) is 0 Å². The molecule has 1 fully saturated rings. The molecule has 0 saturated carbocycles. The number of hydrogen-bond donors (Lipinski definition) is 1. The van der Waals surface area contributed by atoms with Crippen molar-refractivity contribution in [2.24, 2.45) is 11.3 Å². The Labute approximate surface area is 89.8 Å². The van der Waals surface area contributed by atoms with Crippen molar-refractivity contribution in [1.29, 1.82) is 0 Å². The van der Waals surface area contributed by atoms with E-state index < -0.39 is 0 Å². The molecule has 0 aromatic heterocycles. The maximum atomic E-state index is 5.84. The highest BCUT2D eigenvalue weighted by molar-refractivity contribution is 14.1. The second-order valence-electron chi connectivity index (χ2n) is 3.77. The maximum absolute atomic E-state index is 5.84. The number of halogens is 1. The molecule has 2 nitrogen and oxygen atoms in total. The molecule has 0 spiro atoms. The molecule has 1 atom stereocenters. The van der Waals surface area contributed by atoms with E-state index in [1.54, 1.807) is 0 Å². The summed E-state index contributed by atoms with van der Waals surface area (Å²) in [5, 5.41) is 1.93. The number of rotatable bonds is 2. The van der Waals surface area contributed by atoms with E-state index in [-0.39, 0.29) is 5.41 Å². The molecule has 0 bridgehead atoms. The second-order valence-corrected chi connectivity index (χ2v) is 4.53. The Bertz CT molecular complexity index is 139. The fourth-order valence-electron chi connectivity index (χ4n) is 1.73. The first-order valence-electron chi connectivity index (χ1n) is 4.48. The molecule has 68 valence electrons. The van der Waals surface area contributed by atoms with Crippen LogP contribution in [-0.4, -0.2) is 30.4 Å². The molecule has 1 rings (SSSR count). The third-order valence-electron chi connectivity index (χ3n) is 2.66. The third kappa shape index (κ3) is 2.60. The topological polar surface area (TPSA) is 29.3 Å². The van der Waals surface area contributed by atoms with Gasteiger partial charge in [0, 0.05) is 17.5 Å². The zero-order chi connectivity index (χ0) is 9.03. The number of alkyl halides is 1. The van der Waals surface area contributed by atoms with Crippen molar-refractivity contribution < 1.29 is 0 Å². The maximum Gasteiger partial charge on any atom is 0.0661 e. The van der Waals surface area contributed by atoms with Crippen LogP contribution in [0, 0.1) is 5.41 Å². The van der Waals surface area contributed by atoms with Gasteiger partial charge in [-0.2, -0.15) is 0 Å². The summed E-state index contributed by atoms with van der Waals surface area (Å²) in [4.78, 5) is 0. The molecule has 1 heterocycles. The van der Waals surface area contributed by atoms with E-state index in [9.17, 15) is 0 Å². The van der Waals surface area contributed by atoms with Crippen LogP contribution in [0.2, 0.25) is 6.32 Å². The fraction of sp³-hybridized carbons (Fsp3) is 1.00. The van der Waals surface area contributed by atoms with E-state index in [1.807, 2.05) is 5.01 Å². The summed E-state index contributed by atoms with van der Waals surface area (Å²) in [7, 11) is 5.79. The van der Waals surface area contributed by atoms with E-state index in [0.717, 1.165) is 23.8 Å². The Balaban J connectivity index is 2.59. The van der Waals surface area contributed by atoms with Gasteiger partial charge < -0.3 is 0 Å². The normalized spacial score (nSPS) is 33.2. The summed E-state index contributed by atoms with van der Waals surface area (Å²) in [6, 6.07) is 0. The van der Waals surface area contributed by atoms with Crippen molar-refractivity contribution in [2.45, 2.75) is 25.6 Å². The van der Waals surface area contributed by atoms with E-state index in [2.05, 4.69) is 22.6 Å². The highest BCUT2D eigenvalue weighted by atomic mass is 127. The summed E-state index contributed by atoms with van der Waals surface area (Å²) in [5.41, 5.74) is 0.284. The minimum absolute atomic E-state index is 0.284. The van der Waals surface area contributed by atoms with Crippen LogP contribution in [0.3, 0.4) is 0 Å². The van der Waals surface area contributed by atoms with Gasteiger partial charge in [-0.05, 0) is 18.3 Å². The lowest BCUT2D eigenvalue weighted by atomic mass is 9.74. The van der Waals surface area contributed by atoms with Gasteiger partial charge in [-0.25, -0.2) is 5.01 Å². The Morgan fingerprint density at radius 3 is 2.83 bits per heavy atom. The predicted octanol–water partition coefficient (Wildman–Crippen LogP) is 1.35. The van der Waals surface area contributed by atoms with Crippen molar-refractivity contribution in [3.05, 3.63) is 0 Å². The quantitative estimate of drug-likeness (QED) is 0.357. The SMILES string of the molecule is [B]CC1(CI)CCCCN(N)C1.